The van der Waals surface area contributed by atoms with Gasteiger partial charge in [-0.3, -0.25) is 9.59 Å². The molecule has 0 unspecified atom stereocenters. The summed E-state index contributed by atoms with van der Waals surface area (Å²) < 4.78 is 49.5. The Balaban J connectivity index is 1.01. The quantitative estimate of drug-likeness (QED) is 0.139. The van der Waals surface area contributed by atoms with Crippen molar-refractivity contribution in [3.05, 3.63) is 90.8 Å². The lowest BCUT2D eigenvalue weighted by molar-refractivity contribution is -0.142. The second-order valence-corrected chi connectivity index (χ2v) is 18.8. The highest BCUT2D eigenvalue weighted by Crippen LogP contribution is 2.54. The van der Waals surface area contributed by atoms with E-state index in [2.05, 4.69) is 45.1 Å². The molecule has 0 radical (unpaired) electrons. The maximum Gasteiger partial charge on any atom is 0.305 e. The van der Waals surface area contributed by atoms with Crippen molar-refractivity contribution in [2.24, 2.45) is 23.7 Å². The van der Waals surface area contributed by atoms with Gasteiger partial charge in [0.05, 0.1) is 17.3 Å². The third-order valence-electron chi connectivity index (χ3n) is 13.6. The zero-order valence-electron chi connectivity index (χ0n) is 33.0. The van der Waals surface area contributed by atoms with Gasteiger partial charge < -0.3 is 24.0 Å². The van der Waals surface area contributed by atoms with Gasteiger partial charge in [0, 0.05) is 81.5 Å². The van der Waals surface area contributed by atoms with Gasteiger partial charge in [-0.2, -0.15) is 0 Å². The molecule has 56 heavy (non-hydrogen) atoms. The van der Waals surface area contributed by atoms with Crippen molar-refractivity contribution in [3.8, 4) is 0 Å². The summed E-state index contributed by atoms with van der Waals surface area (Å²) in [5.74, 6) is 1.66. The Bertz CT molecular complexity index is 1950. The van der Waals surface area contributed by atoms with Crippen molar-refractivity contribution in [1.82, 2.24) is 19.4 Å². The predicted octanol–water partition coefficient (Wildman–Crippen LogP) is 6.30. The maximum absolute atomic E-state index is 15.2. The first-order valence-corrected chi connectivity index (χ1v) is 22.2. The van der Waals surface area contributed by atoms with Gasteiger partial charge in [0.25, 0.3) is 0 Å². The Morgan fingerprint density at radius 1 is 1.00 bits per heavy atom. The van der Waals surface area contributed by atoms with Crippen LogP contribution in [0.5, 0.6) is 0 Å². The fourth-order valence-electron chi connectivity index (χ4n) is 10.7. The minimum Gasteiger partial charge on any atom is -0.469 e. The molecule has 1 aromatic heterocycles. The van der Waals surface area contributed by atoms with Crippen molar-refractivity contribution >= 4 is 27.4 Å². The number of ether oxygens (including phenoxy) is 1. The number of sulfone groups is 1. The van der Waals surface area contributed by atoms with Crippen molar-refractivity contribution in [1.29, 1.82) is 0 Å². The summed E-state index contributed by atoms with van der Waals surface area (Å²) in [7, 11) is -2.01. The first-order valence-electron chi connectivity index (χ1n) is 20.6. The van der Waals surface area contributed by atoms with Crippen LogP contribution in [0.25, 0.3) is 0 Å². The molecule has 0 spiro atoms. The topological polar surface area (TPSA) is 105 Å². The standard InChI is InChI=1S/C44H58FN5O5S/c1-4-41-46-20-25-49(41)31-44(35-9-7-10-36(45)27-35,40-11-6-8-33(40)26-43(52)55-3)34-16-21-47(22-17-34)28-32-29-50(30-32)37-12-14-38(15-13-37)56(53,54)39-18-23-48(24-19-39)42(51)5-2/h5,7,9-10,12-15,20,25,27,32-34,39-40H,2,4,6,8,11,16-19,21-24,26,28-31H2,1,3H3/t33-,40+,44+/m1/s1. The monoisotopic (exact) mass is 787 g/mol. The molecule has 0 N–H and O–H groups in total. The summed E-state index contributed by atoms with van der Waals surface area (Å²) in [4.78, 5) is 36.3. The summed E-state index contributed by atoms with van der Waals surface area (Å²) >= 11 is 0. The number of aryl methyl sites for hydroxylation is 1. The lowest BCUT2D eigenvalue weighted by Gasteiger charge is -2.51. The zero-order valence-corrected chi connectivity index (χ0v) is 33.8. The van der Waals surface area contributed by atoms with Crippen molar-refractivity contribution in [3.63, 3.8) is 0 Å². The molecule has 4 aliphatic rings. The highest BCUT2D eigenvalue weighted by atomic mass is 32.2. The number of hydrogen-bond acceptors (Lipinski definition) is 8. The molecule has 302 valence electrons. The molecule has 4 heterocycles. The van der Waals surface area contributed by atoms with Gasteiger partial charge in [0.1, 0.15) is 11.6 Å². The number of piperidine rings is 2. The van der Waals surface area contributed by atoms with Crippen LogP contribution in [0.3, 0.4) is 0 Å². The van der Waals surface area contributed by atoms with Gasteiger partial charge in [0.15, 0.2) is 9.84 Å². The molecule has 3 saturated heterocycles. The summed E-state index contributed by atoms with van der Waals surface area (Å²) in [6, 6.07) is 14.6. The molecule has 3 aliphatic heterocycles. The first kappa shape index (κ1) is 40.2. The number of carbonyl (C=O) groups is 2. The van der Waals surface area contributed by atoms with Crippen LogP contribution in [0.15, 0.2) is 78.5 Å². The summed E-state index contributed by atoms with van der Waals surface area (Å²) in [6.07, 6.45) is 12.3. The SMILES string of the molecule is C=CC(=O)N1CCC(S(=O)(=O)c2ccc(N3CC(CN4CCC([C@@](Cn5ccnc5CC)(c5cccc(F)c5)[C@H]5CCC[C@@H]5CC(=O)OC)CC4)C3)cc2)CC1. The van der Waals surface area contributed by atoms with E-state index in [1.807, 2.05) is 24.4 Å². The van der Waals surface area contributed by atoms with Crippen LogP contribution >= 0.6 is 0 Å². The largest absolute Gasteiger partial charge is 0.469 e. The van der Waals surface area contributed by atoms with Crippen LogP contribution < -0.4 is 4.90 Å². The Morgan fingerprint density at radius 3 is 2.39 bits per heavy atom. The number of rotatable bonds is 14. The number of methoxy groups -OCH3 is 1. The smallest absolute Gasteiger partial charge is 0.305 e. The summed E-state index contributed by atoms with van der Waals surface area (Å²) in [6.45, 7) is 12.0. The molecular formula is C44H58FN5O5S. The second-order valence-electron chi connectivity index (χ2n) is 16.6. The number of anilines is 1. The maximum atomic E-state index is 15.2. The van der Waals surface area contributed by atoms with Gasteiger partial charge in [0.2, 0.25) is 5.91 Å². The molecule has 10 nitrogen and oxygen atoms in total. The highest BCUT2D eigenvalue weighted by molar-refractivity contribution is 7.92. The van der Waals surface area contributed by atoms with Gasteiger partial charge in [-0.25, -0.2) is 17.8 Å². The minimum absolute atomic E-state index is 0.149. The van der Waals surface area contributed by atoms with Crippen LogP contribution in [0, 0.1) is 29.5 Å². The fourth-order valence-corrected chi connectivity index (χ4v) is 12.4. The number of aromatic nitrogens is 2. The first-order chi connectivity index (χ1) is 27.0. The molecule has 3 aromatic rings. The van der Waals surface area contributed by atoms with E-state index in [0.29, 0.717) is 55.6 Å². The zero-order chi connectivity index (χ0) is 39.5. The lowest BCUT2D eigenvalue weighted by atomic mass is 9.57. The van der Waals surface area contributed by atoms with Crippen LogP contribution in [-0.4, -0.2) is 97.8 Å². The van der Waals surface area contributed by atoms with E-state index in [1.54, 1.807) is 23.1 Å². The normalized spacial score (nSPS) is 22.8. The molecule has 12 heteroatoms. The number of likely N-dealkylation sites (tertiary alicyclic amines) is 2. The fraction of sp³-hybridized carbons (Fsp3) is 0.568. The third-order valence-corrected chi connectivity index (χ3v) is 15.9. The number of carbonyl (C=O) groups excluding carboxylic acids is 2. The average molecular weight is 788 g/mol. The van der Waals surface area contributed by atoms with E-state index >= 15 is 4.39 Å². The molecule has 1 aliphatic carbocycles. The predicted molar refractivity (Wildman–Crippen MR) is 215 cm³/mol. The molecule has 1 amide bonds. The van der Waals surface area contributed by atoms with E-state index in [4.69, 9.17) is 4.74 Å². The van der Waals surface area contributed by atoms with E-state index in [9.17, 15) is 18.0 Å². The van der Waals surface area contributed by atoms with Crippen LogP contribution in [0.1, 0.15) is 69.7 Å². The van der Waals surface area contributed by atoms with E-state index in [0.717, 1.165) is 88.3 Å². The molecule has 0 bridgehead atoms. The Labute approximate surface area is 332 Å². The second kappa shape index (κ2) is 17.2. The van der Waals surface area contributed by atoms with Crippen molar-refractivity contribution in [2.45, 2.75) is 86.8 Å². The minimum atomic E-state index is -3.48. The van der Waals surface area contributed by atoms with Gasteiger partial charge >= 0.3 is 5.97 Å². The molecule has 1 saturated carbocycles. The Hall–Kier alpha value is -4.03. The number of esters is 1. The molecule has 4 fully saturated rings. The third kappa shape index (κ3) is 8.19. The molecule has 2 aromatic carbocycles. The summed E-state index contributed by atoms with van der Waals surface area (Å²) in [5.41, 5.74) is 1.70. The number of hydrogen-bond donors (Lipinski definition) is 0. The van der Waals surface area contributed by atoms with E-state index in [-0.39, 0.29) is 34.9 Å². The number of nitrogens with zero attached hydrogens (tertiary/aromatic N) is 5. The van der Waals surface area contributed by atoms with Gasteiger partial charge in [-0.15, -0.1) is 0 Å². The number of halogens is 1. The molecular weight excluding hydrogens is 730 g/mol. The number of benzene rings is 2. The molecule has 7 rings (SSSR count). The Kier molecular flexibility index (Phi) is 12.4. The number of imidazole rings is 1. The van der Waals surface area contributed by atoms with E-state index in [1.165, 1.54) is 19.3 Å². The van der Waals surface area contributed by atoms with Crippen LogP contribution in [-0.2, 0) is 42.5 Å². The van der Waals surface area contributed by atoms with Crippen LogP contribution in [0.4, 0.5) is 10.1 Å². The Morgan fingerprint density at radius 2 is 1.73 bits per heavy atom. The summed E-state index contributed by atoms with van der Waals surface area (Å²) in [5, 5.41) is -0.488. The average Bonchev–Trinajstić information content (AvgIpc) is 3.87. The lowest BCUT2D eigenvalue weighted by Crippen LogP contribution is -2.55. The van der Waals surface area contributed by atoms with Gasteiger partial charge in [-0.1, -0.05) is 32.1 Å². The van der Waals surface area contributed by atoms with Crippen LogP contribution in [0.2, 0.25) is 0 Å². The van der Waals surface area contributed by atoms with E-state index < -0.39 is 15.1 Å². The molecule has 3 atom stereocenters. The van der Waals surface area contributed by atoms with Gasteiger partial charge in [-0.05, 0) is 117 Å². The van der Waals surface area contributed by atoms with Crippen molar-refractivity contribution in [2.75, 3.05) is 57.8 Å². The highest BCUT2D eigenvalue weighted by Gasteiger charge is 2.52. The van der Waals surface area contributed by atoms with Crippen molar-refractivity contribution < 1.29 is 27.1 Å². The number of amides is 1.